The smallest absolute Gasteiger partial charge is 0.325 e. The molecule has 6 heteroatoms. The SMILES string of the molecule is COC(=O)CN1C(=O)c2ccccc2[C@H]1c1c(-c2ccc(F)cc2)[nH]c2ccccc12. The Morgan fingerprint density at radius 2 is 1.74 bits per heavy atom. The minimum atomic E-state index is -0.491. The monoisotopic (exact) mass is 414 g/mol. The Kier molecular flexibility index (Phi) is 4.55. The van der Waals surface area contributed by atoms with Gasteiger partial charge in [0, 0.05) is 22.0 Å². The number of carbonyl (C=O) groups excluding carboxylic acids is 2. The lowest BCUT2D eigenvalue weighted by atomic mass is 9.93. The lowest BCUT2D eigenvalue weighted by Crippen LogP contribution is -2.34. The standard InChI is InChI=1S/C25H19FN2O3/c1-31-21(29)14-28-24(17-6-2-3-7-18(17)25(28)30)22-19-8-4-5-9-20(19)27-23(22)15-10-12-16(26)13-11-15/h2-13,24,27H,14H2,1H3/t24-/m0/s1. The van der Waals surface area contributed by atoms with Gasteiger partial charge >= 0.3 is 5.97 Å². The van der Waals surface area contributed by atoms with Crippen LogP contribution in [0.4, 0.5) is 4.39 Å². The molecule has 0 spiro atoms. The van der Waals surface area contributed by atoms with Crippen LogP contribution in [0.25, 0.3) is 22.2 Å². The van der Waals surface area contributed by atoms with Crippen molar-refractivity contribution in [2.24, 2.45) is 0 Å². The molecule has 1 aliphatic heterocycles. The van der Waals surface area contributed by atoms with Crippen molar-refractivity contribution in [3.63, 3.8) is 0 Å². The number of fused-ring (bicyclic) bond motifs is 2. The first-order valence-corrected chi connectivity index (χ1v) is 9.91. The Balaban J connectivity index is 1.78. The van der Waals surface area contributed by atoms with Crippen LogP contribution >= 0.6 is 0 Å². The topological polar surface area (TPSA) is 62.4 Å². The van der Waals surface area contributed by atoms with Crippen molar-refractivity contribution in [3.05, 3.63) is 95.3 Å². The number of amides is 1. The summed E-state index contributed by atoms with van der Waals surface area (Å²) in [5.74, 6) is -1.04. The fourth-order valence-electron chi connectivity index (χ4n) is 4.34. The molecule has 0 aliphatic carbocycles. The number of carbonyl (C=O) groups is 2. The van der Waals surface area contributed by atoms with Gasteiger partial charge in [-0.3, -0.25) is 9.59 Å². The second-order valence-electron chi connectivity index (χ2n) is 7.47. The van der Waals surface area contributed by atoms with Gasteiger partial charge < -0.3 is 14.6 Å². The van der Waals surface area contributed by atoms with Crippen LogP contribution < -0.4 is 0 Å². The molecule has 0 fully saturated rings. The predicted molar refractivity (Wildman–Crippen MR) is 115 cm³/mol. The summed E-state index contributed by atoms with van der Waals surface area (Å²) in [6, 6.07) is 20.9. The summed E-state index contributed by atoms with van der Waals surface area (Å²) in [5, 5.41) is 0.936. The highest BCUT2D eigenvalue weighted by molar-refractivity contribution is 6.03. The molecule has 1 atom stereocenters. The number of nitrogens with one attached hydrogen (secondary N) is 1. The van der Waals surface area contributed by atoms with E-state index in [0.29, 0.717) is 5.56 Å². The van der Waals surface area contributed by atoms with Crippen LogP contribution in [0.1, 0.15) is 27.5 Å². The second kappa shape index (κ2) is 7.40. The van der Waals surface area contributed by atoms with E-state index in [0.717, 1.165) is 33.3 Å². The van der Waals surface area contributed by atoms with E-state index >= 15 is 0 Å². The molecule has 1 N–H and O–H groups in total. The minimum Gasteiger partial charge on any atom is -0.468 e. The molecule has 31 heavy (non-hydrogen) atoms. The number of benzene rings is 3. The van der Waals surface area contributed by atoms with Crippen molar-refractivity contribution < 1.29 is 18.7 Å². The third-order valence-corrected chi connectivity index (χ3v) is 5.74. The van der Waals surface area contributed by atoms with Crippen LogP contribution in [0.2, 0.25) is 0 Å². The maximum atomic E-state index is 13.6. The molecule has 0 saturated carbocycles. The Hall–Kier alpha value is -3.93. The van der Waals surface area contributed by atoms with E-state index in [-0.39, 0.29) is 18.3 Å². The number of H-pyrrole nitrogens is 1. The molecule has 1 aliphatic rings. The fraction of sp³-hybridized carbons (Fsp3) is 0.120. The van der Waals surface area contributed by atoms with E-state index < -0.39 is 12.0 Å². The predicted octanol–water partition coefficient (Wildman–Crippen LogP) is 4.69. The van der Waals surface area contributed by atoms with Gasteiger partial charge in [-0.1, -0.05) is 36.4 Å². The van der Waals surface area contributed by atoms with Crippen molar-refractivity contribution in [2.45, 2.75) is 6.04 Å². The molecule has 0 unspecified atom stereocenters. The van der Waals surface area contributed by atoms with E-state index in [2.05, 4.69) is 4.98 Å². The lowest BCUT2D eigenvalue weighted by Gasteiger charge is -2.25. The molecule has 0 radical (unpaired) electrons. The van der Waals surface area contributed by atoms with E-state index in [4.69, 9.17) is 4.74 Å². The summed E-state index contributed by atoms with van der Waals surface area (Å²) in [4.78, 5) is 30.4. The molecule has 0 bridgehead atoms. The average Bonchev–Trinajstić information content (AvgIpc) is 3.30. The van der Waals surface area contributed by atoms with Gasteiger partial charge in [-0.25, -0.2) is 4.39 Å². The van der Waals surface area contributed by atoms with Gasteiger partial charge in [-0.2, -0.15) is 0 Å². The van der Waals surface area contributed by atoms with Gasteiger partial charge in [-0.15, -0.1) is 0 Å². The van der Waals surface area contributed by atoms with Crippen LogP contribution in [-0.2, 0) is 9.53 Å². The maximum Gasteiger partial charge on any atom is 0.325 e. The number of nitrogens with zero attached hydrogens (tertiary/aromatic N) is 1. The number of aromatic nitrogens is 1. The van der Waals surface area contributed by atoms with E-state index in [9.17, 15) is 14.0 Å². The molecule has 4 aromatic rings. The Labute approximate surface area is 178 Å². The summed E-state index contributed by atoms with van der Waals surface area (Å²) >= 11 is 0. The van der Waals surface area contributed by atoms with Crippen molar-refractivity contribution in [2.75, 3.05) is 13.7 Å². The quantitative estimate of drug-likeness (QED) is 0.493. The number of para-hydroxylation sites is 1. The number of methoxy groups -OCH3 is 1. The molecular weight excluding hydrogens is 395 g/mol. The molecule has 1 amide bonds. The van der Waals surface area contributed by atoms with Crippen LogP contribution in [-0.4, -0.2) is 35.4 Å². The van der Waals surface area contributed by atoms with Gasteiger partial charge in [0.1, 0.15) is 12.4 Å². The Bertz CT molecular complexity index is 1310. The molecule has 154 valence electrons. The third kappa shape index (κ3) is 3.08. The van der Waals surface area contributed by atoms with Crippen LogP contribution in [0.15, 0.2) is 72.8 Å². The van der Waals surface area contributed by atoms with Gasteiger partial charge in [0.2, 0.25) is 0 Å². The molecule has 5 rings (SSSR count). The minimum absolute atomic E-state index is 0.170. The summed E-state index contributed by atoms with van der Waals surface area (Å²) in [6.07, 6.45) is 0. The highest BCUT2D eigenvalue weighted by Crippen LogP contribution is 2.45. The number of aromatic amines is 1. The first-order valence-electron chi connectivity index (χ1n) is 9.91. The van der Waals surface area contributed by atoms with Crippen molar-refractivity contribution in [3.8, 4) is 11.3 Å². The fourth-order valence-corrected chi connectivity index (χ4v) is 4.34. The van der Waals surface area contributed by atoms with E-state index in [1.165, 1.54) is 19.2 Å². The number of hydrogen-bond acceptors (Lipinski definition) is 3. The molecule has 3 aromatic carbocycles. The first-order chi connectivity index (χ1) is 15.1. The first kappa shape index (κ1) is 19.1. The molecule has 5 nitrogen and oxygen atoms in total. The Morgan fingerprint density at radius 1 is 1.03 bits per heavy atom. The molecule has 0 saturated heterocycles. The van der Waals surface area contributed by atoms with Crippen LogP contribution in [0.5, 0.6) is 0 Å². The van der Waals surface area contributed by atoms with Gasteiger partial charge in [0.05, 0.1) is 18.8 Å². The summed E-state index contributed by atoms with van der Waals surface area (Å²) in [6.45, 7) is -0.170. The second-order valence-corrected chi connectivity index (χ2v) is 7.47. The van der Waals surface area contributed by atoms with Gasteiger partial charge in [0.15, 0.2) is 0 Å². The lowest BCUT2D eigenvalue weighted by molar-refractivity contribution is -0.141. The maximum absolute atomic E-state index is 13.6. The number of hydrogen-bond donors (Lipinski definition) is 1. The zero-order valence-electron chi connectivity index (χ0n) is 16.8. The number of ether oxygens (including phenoxy) is 1. The zero-order chi connectivity index (χ0) is 21.5. The Morgan fingerprint density at radius 3 is 2.52 bits per heavy atom. The van der Waals surface area contributed by atoms with E-state index in [1.807, 2.05) is 42.5 Å². The van der Waals surface area contributed by atoms with Crippen molar-refractivity contribution in [1.29, 1.82) is 0 Å². The van der Waals surface area contributed by atoms with Crippen molar-refractivity contribution in [1.82, 2.24) is 9.88 Å². The zero-order valence-corrected chi connectivity index (χ0v) is 16.8. The summed E-state index contributed by atoms with van der Waals surface area (Å²) in [7, 11) is 1.31. The highest BCUT2D eigenvalue weighted by atomic mass is 19.1. The average molecular weight is 414 g/mol. The number of rotatable bonds is 4. The normalized spacial score (nSPS) is 15.4. The van der Waals surface area contributed by atoms with Gasteiger partial charge in [-0.05, 0) is 47.5 Å². The number of esters is 1. The number of halogens is 1. The molecular formula is C25H19FN2O3. The summed E-state index contributed by atoms with van der Waals surface area (Å²) < 4.78 is 18.4. The van der Waals surface area contributed by atoms with Crippen LogP contribution in [0.3, 0.4) is 0 Å². The molecule has 2 heterocycles. The van der Waals surface area contributed by atoms with Gasteiger partial charge in [0.25, 0.3) is 5.91 Å². The van der Waals surface area contributed by atoms with E-state index in [1.54, 1.807) is 23.1 Å². The third-order valence-electron chi connectivity index (χ3n) is 5.74. The largest absolute Gasteiger partial charge is 0.468 e. The van der Waals surface area contributed by atoms with Crippen molar-refractivity contribution >= 4 is 22.8 Å². The van der Waals surface area contributed by atoms with Crippen LogP contribution in [0, 0.1) is 5.82 Å². The summed E-state index contributed by atoms with van der Waals surface area (Å²) in [5.41, 5.74) is 4.72. The highest BCUT2D eigenvalue weighted by Gasteiger charge is 2.41. The molecule has 1 aromatic heterocycles.